The van der Waals surface area contributed by atoms with E-state index in [4.69, 9.17) is 39.5 Å². The summed E-state index contributed by atoms with van der Waals surface area (Å²) >= 11 is 18.5. The molecule has 2 aliphatic heterocycles. The lowest BCUT2D eigenvalue weighted by Crippen LogP contribution is -2.53. The van der Waals surface area contributed by atoms with Crippen molar-refractivity contribution < 1.29 is 14.6 Å². The summed E-state index contributed by atoms with van der Waals surface area (Å²) in [6, 6.07) is 7.46. The smallest absolute Gasteiger partial charge is 0.135 e. The first-order chi connectivity index (χ1) is 11.0. The van der Waals surface area contributed by atoms with Crippen LogP contribution in [0.1, 0.15) is 17.0 Å². The van der Waals surface area contributed by atoms with E-state index in [2.05, 4.69) is 5.32 Å². The van der Waals surface area contributed by atoms with Crippen LogP contribution in [0.15, 0.2) is 30.3 Å². The van der Waals surface area contributed by atoms with Gasteiger partial charge in [0.2, 0.25) is 0 Å². The van der Waals surface area contributed by atoms with Gasteiger partial charge in [-0.15, -0.1) is 0 Å². The van der Waals surface area contributed by atoms with Gasteiger partial charge in [-0.25, -0.2) is 0 Å². The molecule has 0 amide bonds. The molecule has 23 heavy (non-hydrogen) atoms. The Balaban J connectivity index is 1.97. The highest BCUT2D eigenvalue weighted by molar-refractivity contribution is 6.36. The molecule has 0 spiro atoms. The Hall–Kier alpha value is -1.62. The third kappa shape index (κ3) is 2.24. The summed E-state index contributed by atoms with van der Waals surface area (Å²) in [5, 5.41) is 15.9. The predicted molar refractivity (Wildman–Crippen MR) is 86.6 cm³/mol. The van der Waals surface area contributed by atoms with Gasteiger partial charge in [0.25, 0.3) is 0 Å². The van der Waals surface area contributed by atoms with Crippen LogP contribution in [0.5, 0.6) is 5.75 Å². The van der Waals surface area contributed by atoms with Crippen molar-refractivity contribution >= 4 is 46.5 Å². The number of carbonyl (C=O) groups excluding carboxylic acids is 1. The molecule has 0 bridgehead atoms. The fraction of sp³-hybridized carbons (Fsp3) is 0.188. The molecule has 4 rings (SSSR count). The molecule has 0 aliphatic carbocycles. The van der Waals surface area contributed by atoms with Crippen molar-refractivity contribution in [2.75, 3.05) is 5.32 Å². The topological polar surface area (TPSA) is 61.4 Å². The van der Waals surface area contributed by atoms with Gasteiger partial charge in [-0.05, 0) is 30.3 Å². The van der Waals surface area contributed by atoms with Gasteiger partial charge in [-0.1, -0.05) is 34.8 Å². The Kier molecular flexibility index (Phi) is 3.38. The zero-order valence-electron chi connectivity index (χ0n) is 11.5. The van der Waals surface area contributed by atoms with Crippen molar-refractivity contribution in [2.45, 2.75) is 18.1 Å². The molecular weight excluding hydrogens is 361 g/mol. The van der Waals surface area contributed by atoms with Gasteiger partial charge < -0.3 is 20.0 Å². The highest BCUT2D eigenvalue weighted by atomic mass is 35.5. The van der Waals surface area contributed by atoms with E-state index in [1.807, 2.05) is 0 Å². The van der Waals surface area contributed by atoms with Crippen LogP contribution in [0.3, 0.4) is 0 Å². The van der Waals surface area contributed by atoms with Gasteiger partial charge >= 0.3 is 0 Å². The second kappa shape index (κ2) is 5.20. The van der Waals surface area contributed by atoms with Gasteiger partial charge in [0.05, 0.1) is 11.9 Å². The number of carbonyl (C=O) groups is 1. The third-order valence-electron chi connectivity index (χ3n) is 4.20. The zero-order chi connectivity index (χ0) is 16.3. The fourth-order valence-electron chi connectivity index (χ4n) is 3.30. The molecular formula is C16H9Cl3NO3-. The van der Waals surface area contributed by atoms with E-state index in [0.717, 1.165) is 11.1 Å². The molecule has 0 aromatic heterocycles. The van der Waals surface area contributed by atoms with Crippen molar-refractivity contribution in [3.63, 3.8) is 0 Å². The van der Waals surface area contributed by atoms with E-state index in [-0.39, 0.29) is 5.92 Å². The van der Waals surface area contributed by atoms with Gasteiger partial charge in [0.15, 0.2) is 0 Å². The lowest BCUT2D eigenvalue weighted by atomic mass is 9.81. The number of carboxylic acid groups (broad SMARTS) is 1. The largest absolute Gasteiger partial charge is 0.548 e. The first kappa shape index (κ1) is 14.9. The predicted octanol–water partition coefficient (Wildman–Crippen LogP) is 3.08. The second-order valence-corrected chi connectivity index (χ2v) is 6.81. The highest BCUT2D eigenvalue weighted by Gasteiger charge is 2.46. The number of carboxylic acids is 1. The van der Waals surface area contributed by atoms with Gasteiger partial charge in [-0.3, -0.25) is 0 Å². The number of ether oxygens (including phenoxy) is 1. The molecule has 2 aromatic rings. The standard InChI is InChI=1S/C16H10Cl3NO3/c17-6-1-2-11-8(3-6)12-13-9(19)4-7(18)5-10(13)20-14(16(21)22)15(12)23-11/h1-5,12,14-15,20H,(H,21,22)/p-1. The summed E-state index contributed by atoms with van der Waals surface area (Å²) in [5.41, 5.74) is 2.12. The molecule has 0 saturated heterocycles. The molecule has 1 N–H and O–H groups in total. The maximum absolute atomic E-state index is 11.5. The first-order valence-corrected chi connectivity index (χ1v) is 8.01. The Morgan fingerprint density at radius 3 is 2.65 bits per heavy atom. The summed E-state index contributed by atoms with van der Waals surface area (Å²) in [7, 11) is 0. The number of halogens is 3. The molecule has 3 atom stereocenters. The van der Waals surface area contributed by atoms with Crippen LogP contribution in [0.25, 0.3) is 0 Å². The Morgan fingerprint density at radius 1 is 1.13 bits per heavy atom. The summed E-state index contributed by atoms with van der Waals surface area (Å²) in [6.45, 7) is 0. The lowest BCUT2D eigenvalue weighted by Gasteiger charge is -2.37. The molecule has 0 saturated carbocycles. The Morgan fingerprint density at radius 2 is 1.91 bits per heavy atom. The van der Waals surface area contributed by atoms with E-state index < -0.39 is 18.1 Å². The van der Waals surface area contributed by atoms with Crippen LogP contribution in [-0.4, -0.2) is 18.1 Å². The minimum absolute atomic E-state index is 0.354. The normalized spacial score (nSPS) is 24.0. The van der Waals surface area contributed by atoms with Crippen molar-refractivity contribution in [3.8, 4) is 5.75 Å². The zero-order valence-corrected chi connectivity index (χ0v) is 13.7. The summed E-state index contributed by atoms with van der Waals surface area (Å²) in [5.74, 6) is -1.01. The van der Waals surface area contributed by atoms with Gasteiger partial charge in [-0.2, -0.15) is 0 Å². The average molecular weight is 370 g/mol. The number of benzene rings is 2. The lowest BCUT2D eigenvalue weighted by molar-refractivity contribution is -0.308. The number of aliphatic carboxylic acids is 1. The number of hydrogen-bond acceptors (Lipinski definition) is 4. The van der Waals surface area contributed by atoms with Crippen molar-refractivity contribution in [3.05, 3.63) is 56.5 Å². The summed E-state index contributed by atoms with van der Waals surface area (Å²) < 4.78 is 5.85. The second-order valence-electron chi connectivity index (χ2n) is 5.53. The maximum Gasteiger partial charge on any atom is 0.135 e. The summed E-state index contributed by atoms with van der Waals surface area (Å²) in [4.78, 5) is 11.5. The first-order valence-electron chi connectivity index (χ1n) is 6.88. The molecule has 3 unspecified atom stereocenters. The van der Waals surface area contributed by atoms with E-state index in [1.54, 1.807) is 30.3 Å². The quantitative estimate of drug-likeness (QED) is 0.839. The van der Waals surface area contributed by atoms with Crippen LogP contribution in [0.4, 0.5) is 5.69 Å². The van der Waals surface area contributed by atoms with Crippen LogP contribution in [-0.2, 0) is 4.79 Å². The van der Waals surface area contributed by atoms with E-state index in [0.29, 0.717) is 26.5 Å². The van der Waals surface area contributed by atoms with Crippen molar-refractivity contribution in [2.24, 2.45) is 0 Å². The number of anilines is 1. The minimum atomic E-state index is -1.25. The number of fused-ring (bicyclic) bond motifs is 5. The molecule has 118 valence electrons. The van der Waals surface area contributed by atoms with Gasteiger partial charge in [0, 0.05) is 31.9 Å². The third-order valence-corrected chi connectivity index (χ3v) is 4.96. The SMILES string of the molecule is O=C([O-])C1Nc2cc(Cl)cc(Cl)c2C2c3cc(Cl)ccc3OC12. The van der Waals surface area contributed by atoms with Crippen LogP contribution >= 0.6 is 34.8 Å². The maximum atomic E-state index is 11.5. The van der Waals surface area contributed by atoms with E-state index in [1.165, 1.54) is 0 Å². The average Bonchev–Trinajstić information content (AvgIpc) is 2.84. The molecule has 4 nitrogen and oxygen atoms in total. The fourth-order valence-corrected chi connectivity index (χ4v) is 4.10. The minimum Gasteiger partial charge on any atom is -0.548 e. The monoisotopic (exact) mass is 368 g/mol. The summed E-state index contributed by atoms with van der Waals surface area (Å²) in [6.07, 6.45) is -0.667. The van der Waals surface area contributed by atoms with Crippen molar-refractivity contribution in [1.29, 1.82) is 0 Å². The van der Waals surface area contributed by atoms with E-state index in [9.17, 15) is 9.90 Å². The Bertz CT molecular complexity index is 840. The molecule has 0 radical (unpaired) electrons. The van der Waals surface area contributed by atoms with Crippen LogP contribution in [0.2, 0.25) is 15.1 Å². The van der Waals surface area contributed by atoms with E-state index >= 15 is 0 Å². The number of hydrogen-bond donors (Lipinski definition) is 1. The highest BCUT2D eigenvalue weighted by Crippen LogP contribution is 2.51. The number of nitrogens with one attached hydrogen (secondary N) is 1. The van der Waals surface area contributed by atoms with Crippen molar-refractivity contribution in [1.82, 2.24) is 0 Å². The molecule has 2 aromatic carbocycles. The van der Waals surface area contributed by atoms with Crippen LogP contribution in [0, 0.1) is 0 Å². The molecule has 0 fully saturated rings. The Labute approximate surface area is 146 Å². The van der Waals surface area contributed by atoms with Gasteiger partial charge in [0.1, 0.15) is 17.9 Å². The van der Waals surface area contributed by atoms with Crippen LogP contribution < -0.4 is 15.2 Å². The molecule has 7 heteroatoms. The molecule has 2 aliphatic rings. The molecule has 2 heterocycles. The number of rotatable bonds is 1.